The minimum atomic E-state index is -3.88. The molecule has 0 aliphatic rings. The maximum absolute atomic E-state index is 14.2. The molecule has 158 valence electrons. The van der Waals surface area contributed by atoms with Crippen molar-refractivity contribution < 1.29 is 22.3 Å². The van der Waals surface area contributed by atoms with Gasteiger partial charge in [0.15, 0.2) is 0 Å². The van der Waals surface area contributed by atoms with Crippen molar-refractivity contribution >= 4 is 21.6 Å². The Morgan fingerprint density at radius 3 is 2.48 bits per heavy atom. The first-order valence-electron chi connectivity index (χ1n) is 9.37. The number of hydrogen-bond donors (Lipinski definition) is 1. The van der Waals surface area contributed by atoms with E-state index in [-0.39, 0.29) is 25.3 Å². The van der Waals surface area contributed by atoms with Gasteiger partial charge in [-0.3, -0.25) is 9.10 Å². The molecular weight excluding hydrogens is 395 g/mol. The highest BCUT2D eigenvalue weighted by Gasteiger charge is 2.32. The van der Waals surface area contributed by atoms with Gasteiger partial charge >= 0.3 is 0 Å². The second-order valence-electron chi connectivity index (χ2n) is 6.77. The zero-order chi connectivity index (χ0) is 21.6. The Balaban J connectivity index is 2.08. The summed E-state index contributed by atoms with van der Waals surface area (Å²) < 4.78 is 45.4. The van der Waals surface area contributed by atoms with Crippen LogP contribution >= 0.6 is 0 Å². The van der Waals surface area contributed by atoms with E-state index in [2.05, 4.69) is 5.32 Å². The average Bonchev–Trinajstić information content (AvgIpc) is 2.66. The van der Waals surface area contributed by atoms with Crippen molar-refractivity contribution in [2.24, 2.45) is 0 Å². The van der Waals surface area contributed by atoms with Gasteiger partial charge < -0.3 is 10.1 Å². The summed E-state index contributed by atoms with van der Waals surface area (Å²) in [6.07, 6.45) is 1.14. The summed E-state index contributed by atoms with van der Waals surface area (Å²) in [4.78, 5) is 12.7. The van der Waals surface area contributed by atoms with Crippen LogP contribution in [-0.4, -0.2) is 39.8 Å². The molecule has 2 aromatic rings. The number of nitrogens with one attached hydrogen (secondary N) is 1. The van der Waals surface area contributed by atoms with E-state index < -0.39 is 27.8 Å². The Morgan fingerprint density at radius 1 is 1.17 bits per heavy atom. The summed E-state index contributed by atoms with van der Waals surface area (Å²) in [5.41, 5.74) is 1.97. The average molecular weight is 423 g/mol. The third kappa shape index (κ3) is 5.69. The summed E-state index contributed by atoms with van der Waals surface area (Å²) in [5, 5.41) is 2.69. The molecule has 0 aliphatic heterocycles. The Hall–Kier alpha value is -2.61. The maximum atomic E-state index is 14.2. The standard InChI is InChI=1S/C21H27FN2O4S/c1-5-18(24(29(4,26)27)19-11-7-6-10-17(19)22)21(25)23-13-14-28-20-12-8-9-15(2)16(20)3/h6-12,18H,5,13-14H2,1-4H3,(H,23,25)/t18-/m0/s1. The van der Waals surface area contributed by atoms with E-state index in [1.807, 2.05) is 32.0 Å². The summed E-state index contributed by atoms with van der Waals surface area (Å²) in [6, 6.07) is 10.2. The monoisotopic (exact) mass is 422 g/mol. The van der Waals surface area contributed by atoms with E-state index in [0.717, 1.165) is 33.5 Å². The Kier molecular flexibility index (Phi) is 7.61. The molecule has 0 aromatic heterocycles. The van der Waals surface area contributed by atoms with Crippen LogP contribution in [0.3, 0.4) is 0 Å². The number of carbonyl (C=O) groups is 1. The highest BCUT2D eigenvalue weighted by atomic mass is 32.2. The highest BCUT2D eigenvalue weighted by molar-refractivity contribution is 7.92. The number of rotatable bonds is 9. The van der Waals surface area contributed by atoms with E-state index >= 15 is 0 Å². The number of anilines is 1. The summed E-state index contributed by atoms with van der Waals surface area (Å²) in [6.45, 7) is 6.03. The molecule has 0 aliphatic carbocycles. The molecule has 2 aromatic carbocycles. The smallest absolute Gasteiger partial charge is 0.244 e. The van der Waals surface area contributed by atoms with Gasteiger partial charge in [0.2, 0.25) is 15.9 Å². The zero-order valence-electron chi connectivity index (χ0n) is 17.1. The topological polar surface area (TPSA) is 75.7 Å². The lowest BCUT2D eigenvalue weighted by atomic mass is 10.1. The summed E-state index contributed by atoms with van der Waals surface area (Å²) >= 11 is 0. The third-order valence-corrected chi connectivity index (χ3v) is 5.80. The van der Waals surface area contributed by atoms with Gasteiger partial charge in [-0.1, -0.05) is 31.2 Å². The van der Waals surface area contributed by atoms with Gasteiger partial charge in [0.25, 0.3) is 0 Å². The van der Waals surface area contributed by atoms with Crippen LogP contribution in [0, 0.1) is 19.7 Å². The van der Waals surface area contributed by atoms with Crippen LogP contribution in [0.2, 0.25) is 0 Å². The molecule has 0 saturated carbocycles. The van der Waals surface area contributed by atoms with Gasteiger partial charge in [-0.15, -0.1) is 0 Å². The molecule has 0 unspecified atom stereocenters. The second-order valence-corrected chi connectivity index (χ2v) is 8.63. The van der Waals surface area contributed by atoms with E-state index in [9.17, 15) is 17.6 Å². The van der Waals surface area contributed by atoms with Gasteiger partial charge in [-0.05, 0) is 49.6 Å². The highest BCUT2D eigenvalue weighted by Crippen LogP contribution is 2.25. The Bertz CT molecular complexity index is 963. The fourth-order valence-corrected chi connectivity index (χ4v) is 4.21. The van der Waals surface area contributed by atoms with Crippen LogP contribution in [-0.2, 0) is 14.8 Å². The normalized spacial score (nSPS) is 12.3. The number of amides is 1. The SMILES string of the molecule is CC[C@@H](C(=O)NCCOc1cccc(C)c1C)N(c1ccccc1F)S(C)(=O)=O. The molecule has 0 spiro atoms. The van der Waals surface area contributed by atoms with E-state index in [0.29, 0.717) is 0 Å². The lowest BCUT2D eigenvalue weighted by molar-refractivity contribution is -0.122. The molecule has 0 fully saturated rings. The summed E-state index contributed by atoms with van der Waals surface area (Å²) in [7, 11) is -3.88. The first-order chi connectivity index (χ1) is 13.7. The molecular formula is C21H27FN2O4S. The molecule has 29 heavy (non-hydrogen) atoms. The lowest BCUT2D eigenvalue weighted by Gasteiger charge is -2.30. The molecule has 0 heterocycles. The van der Waals surface area contributed by atoms with Crippen molar-refractivity contribution in [1.82, 2.24) is 5.32 Å². The van der Waals surface area contributed by atoms with Crippen molar-refractivity contribution in [3.8, 4) is 5.75 Å². The molecule has 1 amide bonds. The predicted molar refractivity (Wildman–Crippen MR) is 112 cm³/mol. The van der Waals surface area contributed by atoms with Crippen molar-refractivity contribution in [2.45, 2.75) is 33.2 Å². The van der Waals surface area contributed by atoms with Gasteiger partial charge in [-0.25, -0.2) is 12.8 Å². The molecule has 0 saturated heterocycles. The fourth-order valence-electron chi connectivity index (χ4n) is 3.00. The van der Waals surface area contributed by atoms with Gasteiger partial charge in [-0.2, -0.15) is 0 Å². The molecule has 2 rings (SSSR count). The zero-order valence-corrected chi connectivity index (χ0v) is 17.9. The number of ether oxygens (including phenoxy) is 1. The number of benzene rings is 2. The van der Waals surface area contributed by atoms with Crippen LogP contribution in [0.25, 0.3) is 0 Å². The molecule has 1 atom stereocenters. The quantitative estimate of drug-likeness (QED) is 0.630. The Morgan fingerprint density at radius 2 is 1.86 bits per heavy atom. The second kappa shape index (κ2) is 9.73. The van der Waals surface area contributed by atoms with E-state index in [4.69, 9.17) is 4.74 Å². The number of sulfonamides is 1. The third-order valence-electron chi connectivity index (χ3n) is 4.63. The van der Waals surface area contributed by atoms with Gasteiger partial charge in [0, 0.05) is 0 Å². The molecule has 1 N–H and O–H groups in total. The molecule has 0 radical (unpaired) electrons. The Labute approximate surface area is 171 Å². The number of carbonyl (C=O) groups excluding carboxylic acids is 1. The van der Waals surface area contributed by atoms with Crippen LogP contribution in [0.15, 0.2) is 42.5 Å². The van der Waals surface area contributed by atoms with Crippen molar-refractivity contribution in [1.29, 1.82) is 0 Å². The number of hydrogen-bond acceptors (Lipinski definition) is 4. The number of halogens is 1. The lowest BCUT2D eigenvalue weighted by Crippen LogP contribution is -2.50. The van der Waals surface area contributed by atoms with Crippen molar-refractivity contribution in [3.05, 3.63) is 59.4 Å². The minimum Gasteiger partial charge on any atom is -0.491 e. The maximum Gasteiger partial charge on any atom is 0.244 e. The van der Waals surface area contributed by atoms with Crippen molar-refractivity contribution in [3.63, 3.8) is 0 Å². The molecule has 8 heteroatoms. The van der Waals surface area contributed by atoms with Crippen LogP contribution < -0.4 is 14.4 Å². The van der Waals surface area contributed by atoms with Crippen molar-refractivity contribution in [2.75, 3.05) is 23.7 Å². The largest absolute Gasteiger partial charge is 0.491 e. The number of aryl methyl sites for hydroxylation is 1. The fraction of sp³-hybridized carbons (Fsp3) is 0.381. The van der Waals surface area contributed by atoms with E-state index in [1.54, 1.807) is 6.92 Å². The van der Waals surface area contributed by atoms with Crippen LogP contribution in [0.4, 0.5) is 10.1 Å². The number of nitrogens with zero attached hydrogens (tertiary/aromatic N) is 1. The van der Waals surface area contributed by atoms with Gasteiger partial charge in [0.1, 0.15) is 24.2 Å². The molecule has 6 nitrogen and oxygen atoms in total. The summed E-state index contributed by atoms with van der Waals surface area (Å²) in [5.74, 6) is -0.483. The van der Waals surface area contributed by atoms with Gasteiger partial charge in [0.05, 0.1) is 18.5 Å². The van der Waals surface area contributed by atoms with Crippen LogP contribution in [0.1, 0.15) is 24.5 Å². The first-order valence-corrected chi connectivity index (χ1v) is 11.2. The first kappa shape index (κ1) is 22.7. The van der Waals surface area contributed by atoms with Crippen LogP contribution in [0.5, 0.6) is 5.75 Å². The van der Waals surface area contributed by atoms with E-state index in [1.165, 1.54) is 18.2 Å². The predicted octanol–water partition coefficient (Wildman–Crippen LogP) is 3.18. The number of para-hydroxylation sites is 1. The molecule has 0 bridgehead atoms. The minimum absolute atomic E-state index is 0.149.